The number of hydrogen-bond donors (Lipinski definition) is 0. The van der Waals surface area contributed by atoms with Gasteiger partial charge in [0, 0.05) is 56.6 Å². The van der Waals surface area contributed by atoms with Gasteiger partial charge in [0.15, 0.2) is 0 Å². The molecule has 0 N–H and O–H groups in total. The van der Waals surface area contributed by atoms with Crippen LogP contribution >= 0.6 is 0 Å². The molecule has 11 aromatic rings. The van der Waals surface area contributed by atoms with Gasteiger partial charge in [-0.3, -0.25) is 0 Å². The van der Waals surface area contributed by atoms with Gasteiger partial charge < -0.3 is 14.7 Å². The fourth-order valence-corrected chi connectivity index (χ4v) is 11.9. The highest BCUT2D eigenvalue weighted by Gasteiger charge is 2.36. The van der Waals surface area contributed by atoms with E-state index >= 15 is 0 Å². The Morgan fingerprint density at radius 2 is 0.642 bits per heavy atom. The highest BCUT2D eigenvalue weighted by atomic mass is 15.2. The first kappa shape index (κ1) is 52.5. The van der Waals surface area contributed by atoms with E-state index in [9.17, 15) is 0 Å². The Morgan fingerprint density at radius 1 is 0.284 bits per heavy atom. The second-order valence-corrected chi connectivity index (χ2v) is 23.0. The molecule has 0 spiro atoms. The maximum atomic E-state index is 2.49. The van der Waals surface area contributed by atoms with Crippen molar-refractivity contribution in [3.63, 3.8) is 0 Å². The Balaban J connectivity index is 0.789. The summed E-state index contributed by atoms with van der Waals surface area (Å²) in [6, 6.07) is 92.7. The zero-order chi connectivity index (χ0) is 55.8. The molecule has 12 rings (SSSR count). The van der Waals surface area contributed by atoms with Crippen molar-refractivity contribution in [2.75, 3.05) is 14.7 Å². The lowest BCUT2D eigenvalue weighted by Crippen LogP contribution is -2.17. The van der Waals surface area contributed by atoms with Crippen LogP contribution in [0.1, 0.15) is 80.6 Å². The van der Waals surface area contributed by atoms with E-state index in [-0.39, 0.29) is 5.41 Å². The molecule has 3 heteroatoms. The average molecular weight is 1050 g/mol. The van der Waals surface area contributed by atoms with Crippen LogP contribution in [-0.4, -0.2) is 0 Å². The third-order valence-electron chi connectivity index (χ3n) is 16.9. The number of anilines is 9. The van der Waals surface area contributed by atoms with E-state index in [1.165, 1.54) is 89.0 Å². The SMILES string of the molecule is Cc1ccc(N(c2ccc(C)cc2)c2ccc(CCc3ccc(N(c4ccc(C)cc4)c4ccc5c(c4)C(C)(C)c4cc(Cc6cc(N(c7ccc(-c8ccccc8)cc7)c7ccc(C)c(C)c7)ccc6C)ccc4-5)cc3)cc2)cc1. The molecule has 0 saturated carbocycles. The maximum absolute atomic E-state index is 2.49. The predicted molar refractivity (Wildman–Crippen MR) is 345 cm³/mol. The monoisotopic (exact) mass is 1050 g/mol. The van der Waals surface area contributed by atoms with E-state index in [1.54, 1.807) is 0 Å². The Bertz CT molecular complexity index is 3960. The van der Waals surface area contributed by atoms with Crippen LogP contribution in [-0.2, 0) is 24.7 Å². The van der Waals surface area contributed by atoms with Gasteiger partial charge in [-0.25, -0.2) is 0 Å². The molecule has 0 aliphatic heterocycles. The van der Waals surface area contributed by atoms with Crippen LogP contribution in [0.3, 0.4) is 0 Å². The summed E-state index contributed by atoms with van der Waals surface area (Å²) >= 11 is 0. The van der Waals surface area contributed by atoms with Crippen LogP contribution in [0.4, 0.5) is 51.2 Å². The molecule has 81 heavy (non-hydrogen) atoms. The first-order valence-electron chi connectivity index (χ1n) is 28.7. The molecule has 398 valence electrons. The van der Waals surface area contributed by atoms with Crippen LogP contribution in [0.2, 0.25) is 0 Å². The lowest BCUT2D eigenvalue weighted by atomic mass is 9.81. The molecule has 1 aliphatic carbocycles. The normalized spacial score (nSPS) is 12.2. The number of rotatable bonds is 15. The summed E-state index contributed by atoms with van der Waals surface area (Å²) in [4.78, 5) is 7.18. The highest BCUT2D eigenvalue weighted by Crippen LogP contribution is 2.51. The molecular formula is C78H71N3. The molecule has 0 bridgehead atoms. The molecule has 0 heterocycles. The summed E-state index contributed by atoms with van der Waals surface area (Å²) < 4.78 is 0. The van der Waals surface area contributed by atoms with Crippen molar-refractivity contribution in [1.29, 1.82) is 0 Å². The average Bonchev–Trinajstić information content (AvgIpc) is 3.91. The standard InChI is InChI=1S/C78H71N3/c1-53-14-31-65(32-15-53)79(66-33-16-54(2)17-34-66)68-39-24-59(25-40-68)22-23-60-26-41-69(42-27-60)80(67-35-18-55(3)19-36-67)73-45-47-75-74-46-28-61(50-76(74)78(7,8)77(75)52-73)49-64-51-72(38-21-57(64)5)81(71-37-20-56(4)58(6)48-71)70-43-29-63(30-44-70)62-12-10-9-11-13-62/h9-21,24-48,50-52H,22-23,49H2,1-8H3. The van der Waals surface area contributed by atoms with Crippen LogP contribution in [0.15, 0.2) is 249 Å². The van der Waals surface area contributed by atoms with Gasteiger partial charge in [0.05, 0.1) is 0 Å². The first-order chi connectivity index (χ1) is 39.3. The van der Waals surface area contributed by atoms with Gasteiger partial charge >= 0.3 is 0 Å². The van der Waals surface area contributed by atoms with E-state index in [0.717, 1.165) is 70.4 Å². The maximum Gasteiger partial charge on any atom is 0.0465 e. The predicted octanol–water partition coefficient (Wildman–Crippen LogP) is 21.3. The molecule has 0 unspecified atom stereocenters. The van der Waals surface area contributed by atoms with Crippen molar-refractivity contribution in [3.8, 4) is 22.3 Å². The second kappa shape index (κ2) is 22.2. The van der Waals surface area contributed by atoms with Crippen molar-refractivity contribution in [1.82, 2.24) is 0 Å². The lowest BCUT2D eigenvalue weighted by molar-refractivity contribution is 0.659. The molecule has 0 fully saturated rings. The van der Waals surface area contributed by atoms with Crippen molar-refractivity contribution < 1.29 is 0 Å². The van der Waals surface area contributed by atoms with Gasteiger partial charge in [-0.2, -0.15) is 0 Å². The summed E-state index contributed by atoms with van der Waals surface area (Å²) in [7, 11) is 0. The van der Waals surface area contributed by atoms with Gasteiger partial charge in [0.1, 0.15) is 0 Å². The summed E-state index contributed by atoms with van der Waals surface area (Å²) in [5.41, 5.74) is 30.9. The molecule has 0 radical (unpaired) electrons. The van der Waals surface area contributed by atoms with Gasteiger partial charge in [-0.05, 0) is 242 Å². The summed E-state index contributed by atoms with van der Waals surface area (Å²) in [5, 5.41) is 0. The van der Waals surface area contributed by atoms with Gasteiger partial charge in [0.25, 0.3) is 0 Å². The molecule has 0 atom stereocenters. The number of hydrogen-bond acceptors (Lipinski definition) is 3. The molecule has 0 aromatic heterocycles. The Hall–Kier alpha value is -9.18. The first-order valence-corrected chi connectivity index (χ1v) is 28.7. The highest BCUT2D eigenvalue weighted by molar-refractivity contribution is 5.86. The van der Waals surface area contributed by atoms with Gasteiger partial charge in [0.2, 0.25) is 0 Å². The molecule has 1 aliphatic rings. The topological polar surface area (TPSA) is 9.72 Å². The Kier molecular flexibility index (Phi) is 14.4. The van der Waals surface area contributed by atoms with Gasteiger partial charge in [-0.15, -0.1) is 0 Å². The minimum atomic E-state index is -0.208. The van der Waals surface area contributed by atoms with E-state index in [0.29, 0.717) is 0 Å². The number of aryl methyl sites for hydroxylation is 8. The fraction of sp³-hybridized carbons (Fsp3) is 0.154. The van der Waals surface area contributed by atoms with E-state index in [2.05, 4.69) is 319 Å². The quantitative estimate of drug-likeness (QED) is 0.101. The number of fused-ring (bicyclic) bond motifs is 3. The van der Waals surface area contributed by atoms with Crippen LogP contribution in [0.5, 0.6) is 0 Å². The van der Waals surface area contributed by atoms with Crippen molar-refractivity contribution in [2.24, 2.45) is 0 Å². The number of nitrogens with zero attached hydrogens (tertiary/aromatic N) is 3. The lowest BCUT2D eigenvalue weighted by Gasteiger charge is -2.28. The molecule has 0 amide bonds. The molecular weight excluding hydrogens is 979 g/mol. The molecule has 11 aromatic carbocycles. The minimum absolute atomic E-state index is 0.208. The van der Waals surface area contributed by atoms with E-state index in [1.807, 2.05) is 0 Å². The van der Waals surface area contributed by atoms with Crippen LogP contribution in [0, 0.1) is 41.5 Å². The van der Waals surface area contributed by atoms with Crippen molar-refractivity contribution in [2.45, 2.75) is 80.1 Å². The Labute approximate surface area is 481 Å². The minimum Gasteiger partial charge on any atom is -0.311 e. The zero-order valence-corrected chi connectivity index (χ0v) is 48.1. The largest absolute Gasteiger partial charge is 0.311 e. The van der Waals surface area contributed by atoms with Crippen molar-refractivity contribution in [3.05, 3.63) is 315 Å². The van der Waals surface area contributed by atoms with Crippen LogP contribution in [0.25, 0.3) is 22.3 Å². The number of benzene rings is 11. The third-order valence-corrected chi connectivity index (χ3v) is 16.9. The summed E-state index contributed by atoms with van der Waals surface area (Å²) in [6.07, 6.45) is 2.75. The second-order valence-electron chi connectivity index (χ2n) is 23.0. The third kappa shape index (κ3) is 10.9. The van der Waals surface area contributed by atoms with Crippen LogP contribution < -0.4 is 14.7 Å². The smallest absolute Gasteiger partial charge is 0.0465 e. The molecule has 3 nitrogen and oxygen atoms in total. The zero-order valence-electron chi connectivity index (χ0n) is 48.1. The Morgan fingerprint density at radius 3 is 1.15 bits per heavy atom. The van der Waals surface area contributed by atoms with Crippen molar-refractivity contribution >= 4 is 51.2 Å². The summed E-state index contributed by atoms with van der Waals surface area (Å²) in [6.45, 7) is 17.9. The van der Waals surface area contributed by atoms with Gasteiger partial charge in [-0.1, -0.05) is 170 Å². The molecule has 0 saturated heterocycles. The fourth-order valence-electron chi connectivity index (χ4n) is 11.9. The van der Waals surface area contributed by atoms with E-state index < -0.39 is 0 Å². The summed E-state index contributed by atoms with van der Waals surface area (Å²) in [5.74, 6) is 0. The van der Waals surface area contributed by atoms with E-state index in [4.69, 9.17) is 0 Å².